The molecule has 2 N–H and O–H groups in total. The summed E-state index contributed by atoms with van der Waals surface area (Å²) in [7, 11) is 0. The molecule has 0 spiro atoms. The van der Waals surface area contributed by atoms with Crippen molar-refractivity contribution in [2.24, 2.45) is 11.7 Å². The number of ether oxygens (including phenoxy) is 1. The molecule has 1 aliphatic heterocycles. The molecule has 0 bridgehead atoms. The Labute approximate surface area is 161 Å². The zero-order chi connectivity index (χ0) is 18.5. The van der Waals surface area contributed by atoms with Crippen LogP contribution in [0.3, 0.4) is 0 Å². The van der Waals surface area contributed by atoms with Gasteiger partial charge in [0.2, 0.25) is 5.91 Å². The number of hydrogen-bond donors (Lipinski definition) is 1. The minimum atomic E-state index is -0.439. The van der Waals surface area contributed by atoms with Gasteiger partial charge in [-0.1, -0.05) is 6.07 Å². The molecule has 3 rings (SSSR count). The number of rotatable bonds is 6. The van der Waals surface area contributed by atoms with Crippen LogP contribution in [-0.2, 0) is 0 Å². The number of nitrogens with two attached hydrogens (primary N) is 1. The highest BCUT2D eigenvalue weighted by Crippen LogP contribution is 2.30. The molecule has 0 radical (unpaired) electrons. The van der Waals surface area contributed by atoms with E-state index in [2.05, 4.69) is 20.8 Å². The second-order valence-electron chi connectivity index (χ2n) is 6.42. The van der Waals surface area contributed by atoms with E-state index in [1.165, 1.54) is 0 Å². The van der Waals surface area contributed by atoms with Gasteiger partial charge in [0.15, 0.2) is 6.29 Å². The molecule has 0 unspecified atom stereocenters. The highest BCUT2D eigenvalue weighted by atomic mass is 79.9. The maximum atomic E-state index is 11.4. The van der Waals surface area contributed by atoms with Gasteiger partial charge in [0.25, 0.3) is 0 Å². The van der Waals surface area contributed by atoms with Crippen molar-refractivity contribution in [2.75, 3.05) is 24.6 Å². The number of aldehydes is 1. The number of anilines is 1. The minimum Gasteiger partial charge on any atom is -0.493 e. The monoisotopic (exact) mass is 416 g/mol. The van der Waals surface area contributed by atoms with E-state index in [0.717, 1.165) is 48.1 Å². The Hall–Kier alpha value is -2.34. The first-order valence-corrected chi connectivity index (χ1v) is 9.39. The van der Waals surface area contributed by atoms with Crippen LogP contribution in [0.4, 0.5) is 5.69 Å². The third-order valence-electron chi connectivity index (χ3n) is 4.73. The fraction of sp³-hybridized carbons (Fsp3) is 0.300. The van der Waals surface area contributed by atoms with Crippen LogP contribution in [0.15, 0.2) is 46.9 Å². The molecule has 0 aromatic heterocycles. The summed E-state index contributed by atoms with van der Waals surface area (Å²) >= 11 is 3.44. The third kappa shape index (κ3) is 4.25. The lowest BCUT2D eigenvalue weighted by molar-refractivity contribution is 0.0999. The standard InChI is InChI=1S/C20H21BrN2O3/c21-18-2-1-3-19(17(18)12-24)23-10-8-14(9-11-23)13-26-16-6-4-15(5-7-16)20(22)25/h1-7,12,14H,8-11,13H2,(H2,22,25). The molecule has 2 aromatic rings. The van der Waals surface area contributed by atoms with Crippen LogP contribution in [0.5, 0.6) is 5.75 Å². The number of carbonyl (C=O) groups is 2. The van der Waals surface area contributed by atoms with E-state index in [9.17, 15) is 9.59 Å². The third-order valence-corrected chi connectivity index (χ3v) is 5.42. The van der Waals surface area contributed by atoms with Crippen molar-refractivity contribution in [3.63, 3.8) is 0 Å². The predicted molar refractivity (Wildman–Crippen MR) is 105 cm³/mol. The molecule has 6 heteroatoms. The predicted octanol–water partition coefficient (Wildman–Crippen LogP) is 3.66. The molecule has 0 aliphatic carbocycles. The minimum absolute atomic E-state index is 0.439. The largest absolute Gasteiger partial charge is 0.493 e. The Morgan fingerprint density at radius 3 is 2.50 bits per heavy atom. The molecular weight excluding hydrogens is 396 g/mol. The van der Waals surface area contributed by atoms with Crippen molar-refractivity contribution in [3.05, 3.63) is 58.1 Å². The lowest BCUT2D eigenvalue weighted by Crippen LogP contribution is -2.36. The zero-order valence-corrected chi connectivity index (χ0v) is 15.9. The van der Waals surface area contributed by atoms with Crippen molar-refractivity contribution in [3.8, 4) is 5.75 Å². The lowest BCUT2D eigenvalue weighted by atomic mass is 9.97. The topological polar surface area (TPSA) is 72.6 Å². The van der Waals surface area contributed by atoms with Crippen molar-refractivity contribution in [2.45, 2.75) is 12.8 Å². The van der Waals surface area contributed by atoms with E-state index < -0.39 is 5.91 Å². The number of halogens is 1. The molecular formula is C20H21BrN2O3. The second kappa shape index (κ2) is 8.36. The number of carbonyl (C=O) groups excluding carboxylic acids is 2. The van der Waals surface area contributed by atoms with Crippen molar-refractivity contribution in [1.29, 1.82) is 0 Å². The summed E-state index contributed by atoms with van der Waals surface area (Å²) in [6.07, 6.45) is 2.92. The Morgan fingerprint density at radius 1 is 1.19 bits per heavy atom. The van der Waals surface area contributed by atoms with Gasteiger partial charge in [-0.25, -0.2) is 0 Å². The van der Waals surface area contributed by atoms with Crippen molar-refractivity contribution >= 4 is 33.8 Å². The van der Waals surface area contributed by atoms with Crippen LogP contribution in [0, 0.1) is 5.92 Å². The maximum absolute atomic E-state index is 11.4. The van der Waals surface area contributed by atoms with Crippen LogP contribution in [-0.4, -0.2) is 31.9 Å². The normalized spacial score (nSPS) is 14.9. The Morgan fingerprint density at radius 2 is 1.88 bits per heavy atom. The Kier molecular flexibility index (Phi) is 5.93. The molecule has 1 amide bonds. The molecule has 1 fully saturated rings. The van der Waals surface area contributed by atoms with Gasteiger partial charge in [-0.3, -0.25) is 9.59 Å². The first-order valence-electron chi connectivity index (χ1n) is 8.60. The highest BCUT2D eigenvalue weighted by molar-refractivity contribution is 9.10. The highest BCUT2D eigenvalue weighted by Gasteiger charge is 2.22. The van der Waals surface area contributed by atoms with Crippen molar-refractivity contribution < 1.29 is 14.3 Å². The molecule has 1 saturated heterocycles. The second-order valence-corrected chi connectivity index (χ2v) is 7.27. The number of amides is 1. The van der Waals surface area contributed by atoms with E-state index in [1.807, 2.05) is 18.2 Å². The first-order chi connectivity index (χ1) is 12.6. The smallest absolute Gasteiger partial charge is 0.248 e. The van der Waals surface area contributed by atoms with Gasteiger partial charge in [0.05, 0.1) is 12.2 Å². The molecule has 1 heterocycles. The number of nitrogens with zero attached hydrogens (tertiary/aromatic N) is 1. The molecule has 0 atom stereocenters. The zero-order valence-electron chi connectivity index (χ0n) is 14.4. The van der Waals surface area contributed by atoms with Gasteiger partial charge in [-0.05, 0) is 71.1 Å². The average Bonchev–Trinajstić information content (AvgIpc) is 2.67. The molecule has 1 aliphatic rings. The van der Waals surface area contributed by atoms with E-state index in [-0.39, 0.29) is 0 Å². The average molecular weight is 417 g/mol. The SMILES string of the molecule is NC(=O)c1ccc(OCC2CCN(c3cccc(Br)c3C=O)CC2)cc1. The molecule has 5 nitrogen and oxygen atoms in total. The first kappa shape index (κ1) is 18.5. The fourth-order valence-corrected chi connectivity index (χ4v) is 3.64. The molecule has 26 heavy (non-hydrogen) atoms. The fourth-order valence-electron chi connectivity index (χ4n) is 3.19. The van der Waals surface area contributed by atoms with Gasteiger partial charge >= 0.3 is 0 Å². The maximum Gasteiger partial charge on any atom is 0.248 e. The quantitative estimate of drug-likeness (QED) is 0.729. The summed E-state index contributed by atoms with van der Waals surface area (Å²) < 4.78 is 6.68. The van der Waals surface area contributed by atoms with Gasteiger partial charge in [-0.15, -0.1) is 0 Å². The van der Waals surface area contributed by atoms with Gasteiger partial charge < -0.3 is 15.4 Å². The van der Waals surface area contributed by atoms with Gasteiger partial charge in [-0.2, -0.15) is 0 Å². The van der Waals surface area contributed by atoms with Gasteiger partial charge in [0, 0.05) is 28.8 Å². The summed E-state index contributed by atoms with van der Waals surface area (Å²) in [5.41, 5.74) is 7.40. The van der Waals surface area contributed by atoms with E-state index in [1.54, 1.807) is 24.3 Å². The number of benzene rings is 2. The molecule has 2 aromatic carbocycles. The van der Waals surface area contributed by atoms with Crippen LogP contribution in [0.2, 0.25) is 0 Å². The Bertz CT molecular complexity index is 784. The lowest BCUT2D eigenvalue weighted by Gasteiger charge is -2.34. The summed E-state index contributed by atoms with van der Waals surface area (Å²) in [6, 6.07) is 12.7. The summed E-state index contributed by atoms with van der Waals surface area (Å²) in [6.45, 7) is 2.43. The van der Waals surface area contributed by atoms with E-state index in [0.29, 0.717) is 23.7 Å². The summed E-state index contributed by atoms with van der Waals surface area (Å²) in [5, 5.41) is 0. The van der Waals surface area contributed by atoms with Crippen LogP contribution in [0.1, 0.15) is 33.6 Å². The van der Waals surface area contributed by atoms with Gasteiger partial charge in [0.1, 0.15) is 5.75 Å². The summed E-state index contributed by atoms with van der Waals surface area (Å²) in [4.78, 5) is 24.7. The Balaban J connectivity index is 1.53. The summed E-state index contributed by atoms with van der Waals surface area (Å²) in [5.74, 6) is 0.771. The van der Waals surface area contributed by atoms with Crippen LogP contribution in [0.25, 0.3) is 0 Å². The number of piperidine rings is 1. The van der Waals surface area contributed by atoms with Crippen molar-refractivity contribution in [1.82, 2.24) is 0 Å². The molecule has 0 saturated carbocycles. The molecule has 136 valence electrons. The number of primary amides is 1. The van der Waals surface area contributed by atoms with E-state index >= 15 is 0 Å². The van der Waals surface area contributed by atoms with Crippen LogP contribution >= 0.6 is 15.9 Å². The number of hydrogen-bond acceptors (Lipinski definition) is 4. The van der Waals surface area contributed by atoms with E-state index in [4.69, 9.17) is 10.5 Å². The van der Waals surface area contributed by atoms with Crippen LogP contribution < -0.4 is 15.4 Å².